The molecule has 0 amide bonds. The second-order valence-corrected chi connectivity index (χ2v) is 3.61. The molecular weight excluding hydrogens is 262 g/mol. The van der Waals surface area contributed by atoms with Crippen LogP contribution in [0.25, 0.3) is 11.3 Å². The van der Waals surface area contributed by atoms with Gasteiger partial charge >= 0.3 is 5.97 Å². The molecule has 1 aromatic carbocycles. The van der Waals surface area contributed by atoms with Gasteiger partial charge in [0, 0.05) is 5.56 Å². The minimum atomic E-state index is -0.946. The predicted octanol–water partition coefficient (Wildman–Crippen LogP) is 2.80. The van der Waals surface area contributed by atoms with Crippen LogP contribution < -0.4 is 0 Å². The van der Waals surface area contributed by atoms with E-state index in [0.717, 1.165) is 5.56 Å². The van der Waals surface area contributed by atoms with E-state index in [1.54, 1.807) is 12.1 Å². The van der Waals surface area contributed by atoms with Crippen molar-refractivity contribution in [1.29, 1.82) is 0 Å². The van der Waals surface area contributed by atoms with Crippen LogP contribution in [0.5, 0.6) is 0 Å². The van der Waals surface area contributed by atoms with Gasteiger partial charge in [-0.05, 0) is 28.1 Å². The largest absolute Gasteiger partial charge is 0.478 e. The maximum absolute atomic E-state index is 10.6. The molecule has 4 nitrogen and oxygen atoms in total. The molecule has 0 aliphatic heterocycles. The molecule has 0 unspecified atom stereocenters. The van der Waals surface area contributed by atoms with Crippen LogP contribution in [0, 0.1) is 0 Å². The minimum absolute atomic E-state index is 0.245. The number of halogens is 1. The fourth-order valence-corrected chi connectivity index (χ4v) is 1.59. The van der Waals surface area contributed by atoms with Crippen molar-refractivity contribution in [3.8, 4) is 11.3 Å². The Morgan fingerprint density at radius 3 is 2.47 bits per heavy atom. The number of carbonyl (C=O) groups is 1. The first kappa shape index (κ1) is 9.92. The zero-order valence-corrected chi connectivity index (χ0v) is 9.06. The summed E-state index contributed by atoms with van der Waals surface area (Å²) in [4.78, 5) is 14.5. The van der Waals surface area contributed by atoms with E-state index in [-0.39, 0.29) is 5.56 Å². The Morgan fingerprint density at radius 2 is 2.00 bits per heavy atom. The van der Waals surface area contributed by atoms with E-state index in [1.807, 2.05) is 0 Å². The fraction of sp³-hybridized carbons (Fsp3) is 0. The third-order valence-electron chi connectivity index (χ3n) is 1.92. The first-order valence-corrected chi connectivity index (χ1v) is 4.90. The van der Waals surface area contributed by atoms with Crippen LogP contribution in [-0.4, -0.2) is 16.1 Å². The number of carboxylic acid groups (broad SMARTS) is 1. The Kier molecular flexibility index (Phi) is 2.55. The van der Waals surface area contributed by atoms with Gasteiger partial charge in [0.2, 0.25) is 0 Å². The third kappa shape index (κ3) is 1.92. The van der Waals surface area contributed by atoms with E-state index < -0.39 is 5.97 Å². The molecule has 0 saturated heterocycles. The molecule has 5 heteroatoms. The first-order chi connectivity index (χ1) is 7.18. The van der Waals surface area contributed by atoms with E-state index in [2.05, 4.69) is 20.9 Å². The third-order valence-corrected chi connectivity index (χ3v) is 2.48. The molecule has 0 radical (unpaired) electrons. The Morgan fingerprint density at radius 1 is 1.33 bits per heavy atom. The number of hydrogen-bond donors (Lipinski definition) is 1. The molecule has 15 heavy (non-hydrogen) atoms. The van der Waals surface area contributed by atoms with E-state index >= 15 is 0 Å². The van der Waals surface area contributed by atoms with Crippen molar-refractivity contribution in [3.63, 3.8) is 0 Å². The monoisotopic (exact) mass is 267 g/mol. The van der Waals surface area contributed by atoms with Crippen LogP contribution >= 0.6 is 15.9 Å². The molecule has 0 atom stereocenters. The maximum Gasteiger partial charge on any atom is 0.335 e. The van der Waals surface area contributed by atoms with Crippen molar-refractivity contribution in [2.24, 2.45) is 0 Å². The van der Waals surface area contributed by atoms with Gasteiger partial charge in [-0.2, -0.15) is 0 Å². The number of aromatic carboxylic acids is 1. The Hall–Kier alpha value is -1.62. The number of benzene rings is 1. The highest BCUT2D eigenvalue weighted by molar-refractivity contribution is 9.10. The van der Waals surface area contributed by atoms with Gasteiger partial charge in [0.1, 0.15) is 0 Å². The highest BCUT2D eigenvalue weighted by atomic mass is 79.9. The van der Waals surface area contributed by atoms with E-state index in [0.29, 0.717) is 10.4 Å². The van der Waals surface area contributed by atoms with Gasteiger partial charge in [-0.1, -0.05) is 12.1 Å². The molecule has 0 saturated carbocycles. The van der Waals surface area contributed by atoms with E-state index in [9.17, 15) is 4.79 Å². The molecule has 0 aliphatic rings. The van der Waals surface area contributed by atoms with Gasteiger partial charge < -0.3 is 9.52 Å². The number of carboxylic acids is 1. The van der Waals surface area contributed by atoms with E-state index in [1.165, 1.54) is 18.5 Å². The van der Waals surface area contributed by atoms with Crippen molar-refractivity contribution in [1.82, 2.24) is 4.98 Å². The molecule has 1 heterocycles. The zero-order valence-electron chi connectivity index (χ0n) is 7.48. The summed E-state index contributed by atoms with van der Waals surface area (Å²) >= 11 is 3.23. The SMILES string of the molecule is O=C(O)c1ccc(-c2ocnc2Br)cc1. The summed E-state index contributed by atoms with van der Waals surface area (Å²) in [6, 6.07) is 6.39. The van der Waals surface area contributed by atoms with Crippen molar-refractivity contribution in [2.75, 3.05) is 0 Å². The minimum Gasteiger partial charge on any atom is -0.478 e. The fourth-order valence-electron chi connectivity index (χ4n) is 1.18. The molecule has 76 valence electrons. The van der Waals surface area contributed by atoms with Crippen molar-refractivity contribution in [3.05, 3.63) is 40.8 Å². The summed E-state index contributed by atoms with van der Waals surface area (Å²) < 4.78 is 5.75. The van der Waals surface area contributed by atoms with Crippen molar-refractivity contribution < 1.29 is 14.3 Å². The lowest BCUT2D eigenvalue weighted by Crippen LogP contribution is -1.94. The Balaban J connectivity index is 2.40. The lowest BCUT2D eigenvalue weighted by Gasteiger charge is -1.98. The van der Waals surface area contributed by atoms with Crippen LogP contribution in [0.3, 0.4) is 0 Å². The average Bonchev–Trinajstić information content (AvgIpc) is 2.65. The first-order valence-electron chi connectivity index (χ1n) is 4.11. The van der Waals surface area contributed by atoms with Gasteiger partial charge in [-0.15, -0.1) is 0 Å². The van der Waals surface area contributed by atoms with Crippen LogP contribution in [0.15, 0.2) is 39.7 Å². The van der Waals surface area contributed by atoms with Gasteiger partial charge in [0.15, 0.2) is 16.8 Å². The summed E-state index contributed by atoms with van der Waals surface area (Å²) in [7, 11) is 0. The highest BCUT2D eigenvalue weighted by Gasteiger charge is 2.09. The average molecular weight is 268 g/mol. The maximum atomic E-state index is 10.6. The number of oxazole rings is 1. The Bertz CT molecular complexity index is 490. The molecule has 2 aromatic rings. The second kappa shape index (κ2) is 3.86. The predicted molar refractivity (Wildman–Crippen MR) is 56.6 cm³/mol. The second-order valence-electron chi connectivity index (χ2n) is 2.85. The molecule has 0 aliphatic carbocycles. The van der Waals surface area contributed by atoms with Gasteiger partial charge in [-0.3, -0.25) is 0 Å². The number of aromatic nitrogens is 1. The molecule has 0 bridgehead atoms. The Labute approximate surface area is 93.7 Å². The van der Waals surface area contributed by atoms with Crippen molar-refractivity contribution in [2.45, 2.75) is 0 Å². The normalized spacial score (nSPS) is 10.2. The molecule has 0 spiro atoms. The zero-order chi connectivity index (χ0) is 10.8. The molecule has 1 N–H and O–H groups in total. The highest BCUT2D eigenvalue weighted by Crippen LogP contribution is 2.26. The summed E-state index contributed by atoms with van der Waals surface area (Å²) in [5.74, 6) is -0.356. The molecule has 0 fully saturated rings. The molecule has 2 rings (SSSR count). The van der Waals surface area contributed by atoms with E-state index in [4.69, 9.17) is 9.52 Å². The van der Waals surface area contributed by atoms with Crippen LogP contribution in [0.4, 0.5) is 0 Å². The van der Waals surface area contributed by atoms with Gasteiger partial charge in [-0.25, -0.2) is 9.78 Å². The summed E-state index contributed by atoms with van der Waals surface area (Å²) in [5.41, 5.74) is 1.03. The van der Waals surface area contributed by atoms with Gasteiger partial charge in [0.05, 0.1) is 5.56 Å². The number of rotatable bonds is 2. The topological polar surface area (TPSA) is 63.3 Å². The lowest BCUT2D eigenvalue weighted by atomic mass is 10.1. The van der Waals surface area contributed by atoms with Gasteiger partial charge in [0.25, 0.3) is 0 Å². The van der Waals surface area contributed by atoms with Crippen LogP contribution in [-0.2, 0) is 0 Å². The number of hydrogen-bond acceptors (Lipinski definition) is 3. The quantitative estimate of drug-likeness (QED) is 0.909. The summed E-state index contributed by atoms with van der Waals surface area (Å²) in [6.07, 6.45) is 1.32. The van der Waals surface area contributed by atoms with Crippen LogP contribution in [0.2, 0.25) is 0 Å². The summed E-state index contributed by atoms with van der Waals surface area (Å²) in [6.45, 7) is 0. The smallest absolute Gasteiger partial charge is 0.335 e. The summed E-state index contributed by atoms with van der Waals surface area (Å²) in [5, 5.41) is 8.72. The lowest BCUT2D eigenvalue weighted by molar-refractivity contribution is 0.0697. The van der Waals surface area contributed by atoms with Crippen LogP contribution in [0.1, 0.15) is 10.4 Å². The molecule has 1 aromatic heterocycles. The van der Waals surface area contributed by atoms with Crippen molar-refractivity contribution >= 4 is 21.9 Å². The number of nitrogens with zero attached hydrogens (tertiary/aromatic N) is 1. The standard InChI is InChI=1S/C10H6BrNO3/c11-9-8(15-5-12-9)6-1-3-7(4-2-6)10(13)14/h1-5H,(H,13,14). The molecular formula is C10H6BrNO3.